The summed E-state index contributed by atoms with van der Waals surface area (Å²) in [6.07, 6.45) is 3.76. The second-order valence-electron chi connectivity index (χ2n) is 3.69. The standard InChI is InChI=1S/C13H14N2O2/c1-2-11-8-14-15(9-11)13(16)17-10-12-6-4-3-5-7-12/h3-9H,2,10H2,1H3. The molecule has 0 aliphatic heterocycles. The third kappa shape index (κ3) is 2.93. The Balaban J connectivity index is 1.93. The van der Waals surface area contributed by atoms with Crippen molar-refractivity contribution in [3.63, 3.8) is 0 Å². The van der Waals surface area contributed by atoms with E-state index >= 15 is 0 Å². The quantitative estimate of drug-likeness (QED) is 0.814. The Morgan fingerprint density at radius 3 is 2.71 bits per heavy atom. The minimum Gasteiger partial charge on any atom is -0.443 e. The predicted molar refractivity (Wildman–Crippen MR) is 63.6 cm³/mol. The molecule has 0 aliphatic carbocycles. The third-order valence-electron chi connectivity index (χ3n) is 2.44. The van der Waals surface area contributed by atoms with Crippen LogP contribution in [0.1, 0.15) is 18.1 Å². The summed E-state index contributed by atoms with van der Waals surface area (Å²) in [7, 11) is 0. The first-order valence-corrected chi connectivity index (χ1v) is 5.54. The van der Waals surface area contributed by atoms with E-state index in [-0.39, 0.29) is 6.61 Å². The van der Waals surface area contributed by atoms with Gasteiger partial charge in [0.1, 0.15) is 6.61 Å². The molecule has 0 amide bonds. The number of aromatic nitrogens is 2. The number of carbonyl (C=O) groups excluding carboxylic acids is 1. The van der Waals surface area contributed by atoms with Gasteiger partial charge in [-0.15, -0.1) is 0 Å². The monoisotopic (exact) mass is 230 g/mol. The van der Waals surface area contributed by atoms with E-state index in [0.717, 1.165) is 17.5 Å². The van der Waals surface area contributed by atoms with Gasteiger partial charge >= 0.3 is 6.09 Å². The van der Waals surface area contributed by atoms with Crippen molar-refractivity contribution in [3.8, 4) is 0 Å². The molecular formula is C13H14N2O2. The summed E-state index contributed by atoms with van der Waals surface area (Å²) in [5.41, 5.74) is 1.98. The zero-order valence-electron chi connectivity index (χ0n) is 9.67. The molecule has 1 aromatic carbocycles. The van der Waals surface area contributed by atoms with Crippen molar-refractivity contribution in [2.24, 2.45) is 0 Å². The van der Waals surface area contributed by atoms with Gasteiger partial charge in [-0.3, -0.25) is 0 Å². The van der Waals surface area contributed by atoms with Crippen LogP contribution >= 0.6 is 0 Å². The topological polar surface area (TPSA) is 44.1 Å². The van der Waals surface area contributed by atoms with Gasteiger partial charge in [-0.25, -0.2) is 4.79 Å². The molecule has 0 N–H and O–H groups in total. The first kappa shape index (κ1) is 11.4. The van der Waals surface area contributed by atoms with E-state index in [4.69, 9.17) is 4.74 Å². The molecule has 2 rings (SSSR count). The van der Waals surface area contributed by atoms with Crippen LogP contribution in [0.3, 0.4) is 0 Å². The maximum absolute atomic E-state index is 11.6. The summed E-state index contributed by atoms with van der Waals surface area (Å²) in [5, 5.41) is 3.94. The minimum atomic E-state index is -0.450. The number of rotatable bonds is 3. The van der Waals surface area contributed by atoms with Crippen molar-refractivity contribution in [2.45, 2.75) is 20.0 Å². The van der Waals surface area contributed by atoms with Gasteiger partial charge in [-0.05, 0) is 17.5 Å². The Hall–Kier alpha value is -2.10. The van der Waals surface area contributed by atoms with Crippen molar-refractivity contribution < 1.29 is 9.53 Å². The van der Waals surface area contributed by atoms with E-state index in [2.05, 4.69) is 5.10 Å². The summed E-state index contributed by atoms with van der Waals surface area (Å²) < 4.78 is 6.36. The number of nitrogens with zero attached hydrogens (tertiary/aromatic N) is 2. The molecule has 1 heterocycles. The molecule has 0 spiro atoms. The van der Waals surface area contributed by atoms with Crippen molar-refractivity contribution in [3.05, 3.63) is 53.9 Å². The maximum atomic E-state index is 11.6. The molecule has 0 radical (unpaired) electrons. The number of ether oxygens (including phenoxy) is 1. The molecule has 0 saturated carbocycles. The number of hydrogen-bond acceptors (Lipinski definition) is 3. The lowest BCUT2D eigenvalue weighted by Gasteiger charge is -2.03. The average Bonchev–Trinajstić information content (AvgIpc) is 2.86. The van der Waals surface area contributed by atoms with Crippen LogP contribution in [0.2, 0.25) is 0 Å². The molecule has 4 heteroatoms. The van der Waals surface area contributed by atoms with Crippen LogP contribution < -0.4 is 0 Å². The first-order valence-electron chi connectivity index (χ1n) is 5.54. The molecule has 2 aromatic rings. The van der Waals surface area contributed by atoms with Gasteiger partial charge in [0.2, 0.25) is 0 Å². The molecule has 17 heavy (non-hydrogen) atoms. The number of carbonyl (C=O) groups is 1. The van der Waals surface area contributed by atoms with E-state index in [0.29, 0.717) is 0 Å². The normalized spacial score (nSPS) is 10.2. The Kier molecular flexibility index (Phi) is 3.55. The average molecular weight is 230 g/mol. The van der Waals surface area contributed by atoms with Gasteiger partial charge in [0.05, 0.1) is 6.20 Å². The molecule has 0 saturated heterocycles. The van der Waals surface area contributed by atoms with Crippen molar-refractivity contribution in [1.29, 1.82) is 0 Å². The van der Waals surface area contributed by atoms with Crippen molar-refractivity contribution in [2.75, 3.05) is 0 Å². The van der Waals surface area contributed by atoms with Crippen molar-refractivity contribution >= 4 is 6.09 Å². The summed E-state index contributed by atoms with van der Waals surface area (Å²) in [6, 6.07) is 9.56. The van der Waals surface area contributed by atoms with E-state index in [9.17, 15) is 4.79 Å². The second kappa shape index (κ2) is 5.30. The fourth-order valence-electron chi connectivity index (χ4n) is 1.43. The fourth-order valence-corrected chi connectivity index (χ4v) is 1.43. The summed E-state index contributed by atoms with van der Waals surface area (Å²) >= 11 is 0. The molecular weight excluding hydrogens is 216 g/mol. The molecule has 0 unspecified atom stereocenters. The van der Waals surface area contributed by atoms with Gasteiger partial charge in [0, 0.05) is 6.20 Å². The minimum absolute atomic E-state index is 0.265. The van der Waals surface area contributed by atoms with E-state index in [1.807, 2.05) is 37.3 Å². The zero-order valence-corrected chi connectivity index (χ0v) is 9.67. The maximum Gasteiger partial charge on any atom is 0.435 e. The van der Waals surface area contributed by atoms with Crippen LogP contribution in [-0.2, 0) is 17.8 Å². The highest BCUT2D eigenvalue weighted by Gasteiger charge is 2.07. The SMILES string of the molecule is CCc1cnn(C(=O)OCc2ccccc2)c1. The van der Waals surface area contributed by atoms with Gasteiger partial charge < -0.3 is 4.74 Å². The van der Waals surface area contributed by atoms with Crippen molar-refractivity contribution in [1.82, 2.24) is 9.78 Å². The lowest BCUT2D eigenvalue weighted by atomic mass is 10.2. The highest BCUT2D eigenvalue weighted by atomic mass is 16.6. The number of aryl methyl sites for hydroxylation is 1. The lowest BCUT2D eigenvalue weighted by Crippen LogP contribution is -2.13. The van der Waals surface area contributed by atoms with Gasteiger partial charge in [0.25, 0.3) is 0 Å². The fraction of sp³-hybridized carbons (Fsp3) is 0.231. The van der Waals surface area contributed by atoms with Gasteiger partial charge in [0.15, 0.2) is 0 Å². The smallest absolute Gasteiger partial charge is 0.435 e. The zero-order chi connectivity index (χ0) is 12.1. The third-order valence-corrected chi connectivity index (χ3v) is 2.44. The van der Waals surface area contributed by atoms with Crippen LogP contribution in [0.25, 0.3) is 0 Å². The molecule has 88 valence electrons. The molecule has 0 bridgehead atoms. The van der Waals surface area contributed by atoms with Gasteiger partial charge in [-0.2, -0.15) is 9.78 Å². The first-order chi connectivity index (χ1) is 8.29. The van der Waals surface area contributed by atoms with E-state index in [1.54, 1.807) is 12.4 Å². The molecule has 0 atom stereocenters. The van der Waals surface area contributed by atoms with Crippen LogP contribution in [0.4, 0.5) is 4.79 Å². The van der Waals surface area contributed by atoms with E-state index in [1.165, 1.54) is 4.68 Å². The van der Waals surface area contributed by atoms with Gasteiger partial charge in [-0.1, -0.05) is 37.3 Å². The highest BCUT2D eigenvalue weighted by Crippen LogP contribution is 2.03. The Labute approximate surface area is 99.8 Å². The molecule has 4 nitrogen and oxygen atoms in total. The van der Waals surface area contributed by atoms with E-state index < -0.39 is 6.09 Å². The van der Waals surface area contributed by atoms with Crippen LogP contribution in [0.5, 0.6) is 0 Å². The summed E-state index contributed by atoms with van der Waals surface area (Å²) in [6.45, 7) is 2.28. The Morgan fingerprint density at radius 1 is 1.29 bits per heavy atom. The predicted octanol–water partition coefficient (Wildman–Crippen LogP) is 2.63. The summed E-state index contributed by atoms with van der Waals surface area (Å²) in [5.74, 6) is 0. The summed E-state index contributed by atoms with van der Waals surface area (Å²) in [4.78, 5) is 11.6. The Bertz CT molecular complexity index is 491. The van der Waals surface area contributed by atoms with Crippen LogP contribution in [-0.4, -0.2) is 15.9 Å². The van der Waals surface area contributed by atoms with Crippen LogP contribution in [0.15, 0.2) is 42.7 Å². The number of hydrogen-bond donors (Lipinski definition) is 0. The molecule has 0 aliphatic rings. The Morgan fingerprint density at radius 2 is 2.06 bits per heavy atom. The highest BCUT2D eigenvalue weighted by molar-refractivity contribution is 5.69. The molecule has 1 aromatic heterocycles. The van der Waals surface area contributed by atoms with Crippen LogP contribution in [0, 0.1) is 0 Å². The largest absolute Gasteiger partial charge is 0.443 e. The second-order valence-corrected chi connectivity index (χ2v) is 3.69. The lowest BCUT2D eigenvalue weighted by molar-refractivity contribution is 0.138. The molecule has 0 fully saturated rings. The number of benzene rings is 1.